The van der Waals surface area contributed by atoms with E-state index in [0.29, 0.717) is 18.4 Å². The molecule has 0 saturated carbocycles. The number of hydrogen-bond acceptors (Lipinski definition) is 1. The normalized spacial score (nSPS) is 11.1. The first kappa shape index (κ1) is 19.6. The van der Waals surface area contributed by atoms with Crippen LogP contribution in [0.25, 0.3) is 21.9 Å². The topological polar surface area (TPSA) is 9.23 Å². The molecule has 0 unspecified atom stereocenters. The Bertz CT molecular complexity index is 1120. The summed E-state index contributed by atoms with van der Waals surface area (Å²) in [5.41, 5.74) is 5.22. The lowest BCUT2D eigenvalue weighted by Gasteiger charge is -2.10. The lowest BCUT2D eigenvalue weighted by atomic mass is 9.97. The number of benzene rings is 4. The molecular weight excluding hydrogens is 383 g/mol. The van der Waals surface area contributed by atoms with E-state index >= 15 is 4.39 Å². The van der Waals surface area contributed by atoms with Crippen LogP contribution in [0.1, 0.15) is 16.7 Å². The van der Waals surface area contributed by atoms with E-state index in [0.717, 1.165) is 44.6 Å². The number of aryl methyl sites for hydroxylation is 2. The molecule has 0 aromatic heterocycles. The van der Waals surface area contributed by atoms with Gasteiger partial charge < -0.3 is 4.74 Å². The summed E-state index contributed by atoms with van der Waals surface area (Å²) >= 11 is 5.93. The van der Waals surface area contributed by atoms with Gasteiger partial charge in [0, 0.05) is 17.5 Å². The predicted octanol–water partition coefficient (Wildman–Crippen LogP) is 7.23. The monoisotopic (exact) mass is 404 g/mol. The summed E-state index contributed by atoms with van der Waals surface area (Å²) in [6.07, 6.45) is 1.44. The molecule has 0 radical (unpaired) electrons. The number of rotatable bonds is 6. The van der Waals surface area contributed by atoms with Crippen LogP contribution < -0.4 is 0 Å². The number of methoxy groups -OCH3 is 1. The Morgan fingerprint density at radius 1 is 0.759 bits per heavy atom. The maximum atomic E-state index is 15.1. The van der Waals surface area contributed by atoms with Crippen molar-refractivity contribution in [3.8, 4) is 11.1 Å². The number of hydrogen-bond donors (Lipinski definition) is 0. The minimum absolute atomic E-state index is 0.126. The Morgan fingerprint density at radius 3 is 2.17 bits per heavy atom. The number of halogens is 2. The molecule has 0 N–H and O–H groups in total. The largest absolute Gasteiger partial charge is 0.380 e. The molecule has 4 aromatic rings. The van der Waals surface area contributed by atoms with Crippen molar-refractivity contribution in [2.45, 2.75) is 19.4 Å². The van der Waals surface area contributed by atoms with Crippen LogP contribution in [0.5, 0.6) is 0 Å². The lowest BCUT2D eigenvalue weighted by Crippen LogP contribution is -1.96. The van der Waals surface area contributed by atoms with Gasteiger partial charge in [0.1, 0.15) is 5.82 Å². The van der Waals surface area contributed by atoms with Crippen molar-refractivity contribution < 1.29 is 9.13 Å². The standard InChI is InChI=1S/C26H22ClFO/c1-29-17-19-3-7-20(8-4-19)22-12-15-25-23(16-22)11-10-21(26(25)28)9-2-18-5-13-24(27)14-6-18/h3-8,10-16H,2,9,17H2,1H3. The molecular formula is C26H22ClFO. The van der Waals surface area contributed by atoms with Crippen LogP contribution in [-0.4, -0.2) is 7.11 Å². The third-order valence-corrected chi connectivity index (χ3v) is 5.48. The van der Waals surface area contributed by atoms with Crippen molar-refractivity contribution in [1.29, 1.82) is 0 Å². The van der Waals surface area contributed by atoms with Crippen LogP contribution in [0.3, 0.4) is 0 Å². The maximum absolute atomic E-state index is 15.1. The Labute approximate surface area is 175 Å². The average molecular weight is 405 g/mol. The first-order valence-corrected chi connectivity index (χ1v) is 10.1. The zero-order valence-corrected chi connectivity index (χ0v) is 17.0. The molecule has 0 amide bonds. The fraction of sp³-hybridized carbons (Fsp3) is 0.154. The highest BCUT2D eigenvalue weighted by atomic mass is 35.5. The zero-order chi connectivity index (χ0) is 20.2. The van der Waals surface area contributed by atoms with Crippen molar-refractivity contribution in [2.75, 3.05) is 7.11 Å². The van der Waals surface area contributed by atoms with Gasteiger partial charge in [0.05, 0.1) is 6.61 Å². The lowest BCUT2D eigenvalue weighted by molar-refractivity contribution is 0.185. The van der Waals surface area contributed by atoms with E-state index in [1.165, 1.54) is 0 Å². The van der Waals surface area contributed by atoms with Gasteiger partial charge in [-0.1, -0.05) is 72.3 Å². The highest BCUT2D eigenvalue weighted by molar-refractivity contribution is 6.30. The summed E-state index contributed by atoms with van der Waals surface area (Å²) in [5.74, 6) is -0.126. The molecule has 0 heterocycles. The molecule has 0 spiro atoms. The minimum Gasteiger partial charge on any atom is -0.380 e. The van der Waals surface area contributed by atoms with E-state index < -0.39 is 0 Å². The molecule has 4 aromatic carbocycles. The van der Waals surface area contributed by atoms with Crippen LogP contribution in [0.15, 0.2) is 78.9 Å². The quantitative estimate of drug-likeness (QED) is 0.329. The van der Waals surface area contributed by atoms with Gasteiger partial charge in [0.2, 0.25) is 0 Å². The van der Waals surface area contributed by atoms with E-state index in [-0.39, 0.29) is 5.82 Å². The van der Waals surface area contributed by atoms with E-state index in [2.05, 4.69) is 24.3 Å². The van der Waals surface area contributed by atoms with E-state index in [4.69, 9.17) is 16.3 Å². The SMILES string of the molecule is COCc1ccc(-c2ccc3c(F)c(CCc4ccc(Cl)cc4)ccc3c2)cc1. The van der Waals surface area contributed by atoms with Gasteiger partial charge in [0.15, 0.2) is 0 Å². The van der Waals surface area contributed by atoms with Crippen LogP contribution in [0, 0.1) is 5.82 Å². The summed E-state index contributed by atoms with van der Waals surface area (Å²) in [4.78, 5) is 0. The summed E-state index contributed by atoms with van der Waals surface area (Å²) in [7, 11) is 1.69. The summed E-state index contributed by atoms with van der Waals surface area (Å²) in [6.45, 7) is 0.599. The maximum Gasteiger partial charge on any atom is 0.134 e. The average Bonchev–Trinajstić information content (AvgIpc) is 2.75. The molecule has 146 valence electrons. The molecule has 4 rings (SSSR count). The minimum atomic E-state index is -0.126. The van der Waals surface area contributed by atoms with Crippen molar-refractivity contribution in [3.05, 3.63) is 106 Å². The fourth-order valence-electron chi connectivity index (χ4n) is 3.60. The third-order valence-electron chi connectivity index (χ3n) is 5.23. The molecule has 0 aliphatic heterocycles. The summed E-state index contributed by atoms with van der Waals surface area (Å²) in [6, 6.07) is 25.8. The van der Waals surface area contributed by atoms with Gasteiger partial charge in [-0.25, -0.2) is 4.39 Å². The second-order valence-electron chi connectivity index (χ2n) is 7.23. The van der Waals surface area contributed by atoms with Gasteiger partial charge in [0.25, 0.3) is 0 Å². The second kappa shape index (κ2) is 8.77. The first-order valence-electron chi connectivity index (χ1n) is 9.68. The summed E-state index contributed by atoms with van der Waals surface area (Å²) < 4.78 is 20.2. The van der Waals surface area contributed by atoms with Crippen LogP contribution in [0.2, 0.25) is 5.02 Å². The van der Waals surface area contributed by atoms with Crippen LogP contribution in [-0.2, 0) is 24.2 Å². The van der Waals surface area contributed by atoms with Gasteiger partial charge in [-0.05, 0) is 64.2 Å². The molecule has 0 bridgehead atoms. The number of ether oxygens (including phenoxy) is 1. The van der Waals surface area contributed by atoms with Crippen LogP contribution >= 0.6 is 11.6 Å². The van der Waals surface area contributed by atoms with Gasteiger partial charge in [-0.3, -0.25) is 0 Å². The smallest absolute Gasteiger partial charge is 0.134 e. The molecule has 0 aliphatic carbocycles. The predicted molar refractivity (Wildman–Crippen MR) is 119 cm³/mol. The van der Waals surface area contributed by atoms with Gasteiger partial charge >= 0.3 is 0 Å². The Kier molecular flexibility index (Phi) is 5.94. The molecule has 0 aliphatic rings. The Morgan fingerprint density at radius 2 is 1.45 bits per heavy atom. The molecule has 29 heavy (non-hydrogen) atoms. The Balaban J connectivity index is 1.57. The summed E-state index contributed by atoms with van der Waals surface area (Å²) in [5, 5.41) is 2.30. The van der Waals surface area contributed by atoms with Crippen molar-refractivity contribution in [1.82, 2.24) is 0 Å². The van der Waals surface area contributed by atoms with Crippen molar-refractivity contribution in [3.63, 3.8) is 0 Å². The van der Waals surface area contributed by atoms with E-state index in [1.807, 2.05) is 54.6 Å². The Hall–Kier alpha value is -2.68. The van der Waals surface area contributed by atoms with E-state index in [9.17, 15) is 0 Å². The van der Waals surface area contributed by atoms with Crippen LogP contribution in [0.4, 0.5) is 4.39 Å². The highest BCUT2D eigenvalue weighted by Crippen LogP contribution is 2.28. The van der Waals surface area contributed by atoms with Gasteiger partial charge in [-0.15, -0.1) is 0 Å². The van der Waals surface area contributed by atoms with E-state index in [1.54, 1.807) is 7.11 Å². The molecule has 0 atom stereocenters. The van der Waals surface area contributed by atoms with Crippen molar-refractivity contribution >= 4 is 22.4 Å². The van der Waals surface area contributed by atoms with Gasteiger partial charge in [-0.2, -0.15) is 0 Å². The third kappa shape index (κ3) is 4.50. The van der Waals surface area contributed by atoms with Crippen molar-refractivity contribution in [2.24, 2.45) is 0 Å². The molecule has 0 fully saturated rings. The highest BCUT2D eigenvalue weighted by Gasteiger charge is 2.09. The fourth-order valence-corrected chi connectivity index (χ4v) is 3.73. The molecule has 1 nitrogen and oxygen atoms in total. The molecule has 0 saturated heterocycles. The number of fused-ring (bicyclic) bond motifs is 1. The first-order chi connectivity index (χ1) is 14.1. The second-order valence-corrected chi connectivity index (χ2v) is 7.67. The molecule has 3 heteroatoms. The zero-order valence-electron chi connectivity index (χ0n) is 16.3.